The van der Waals surface area contributed by atoms with Crippen LogP contribution in [0.25, 0.3) is 0 Å². The Morgan fingerprint density at radius 3 is 2.81 bits per heavy atom. The summed E-state index contributed by atoms with van der Waals surface area (Å²) in [5.74, 6) is -0.148. The van der Waals surface area contributed by atoms with Gasteiger partial charge in [0.25, 0.3) is 0 Å². The van der Waals surface area contributed by atoms with E-state index in [2.05, 4.69) is 10.6 Å². The van der Waals surface area contributed by atoms with Gasteiger partial charge in [0.1, 0.15) is 0 Å². The Hall–Kier alpha value is -1.26. The van der Waals surface area contributed by atoms with Crippen LogP contribution < -0.4 is 10.6 Å². The number of carboxylic acids is 1. The molecule has 0 aromatic heterocycles. The maximum Gasteiger partial charge on any atom is 0.315 e. The van der Waals surface area contributed by atoms with Crippen LogP contribution in [0.15, 0.2) is 0 Å². The quantitative estimate of drug-likeness (QED) is 0.671. The van der Waals surface area contributed by atoms with Crippen molar-refractivity contribution >= 4 is 12.0 Å². The number of amides is 2. The molecule has 1 heterocycles. The van der Waals surface area contributed by atoms with Gasteiger partial charge in [-0.05, 0) is 38.0 Å². The number of carboxylic acid groups (broad SMARTS) is 1. The summed E-state index contributed by atoms with van der Waals surface area (Å²) < 4.78 is 0. The molecule has 0 aromatic carbocycles. The van der Waals surface area contributed by atoms with Crippen molar-refractivity contribution < 1.29 is 14.7 Å². The van der Waals surface area contributed by atoms with Crippen LogP contribution in [0.3, 0.4) is 0 Å². The molecule has 5 nitrogen and oxygen atoms in total. The third-order valence-corrected chi connectivity index (χ3v) is 3.59. The average molecular weight is 226 g/mol. The van der Waals surface area contributed by atoms with E-state index >= 15 is 0 Å². The molecule has 3 N–H and O–H groups in total. The number of hydrogen-bond donors (Lipinski definition) is 3. The van der Waals surface area contributed by atoms with Crippen LogP contribution in [0, 0.1) is 5.92 Å². The maximum atomic E-state index is 11.1. The monoisotopic (exact) mass is 226 g/mol. The Morgan fingerprint density at radius 1 is 1.31 bits per heavy atom. The van der Waals surface area contributed by atoms with E-state index in [1.165, 1.54) is 0 Å². The number of carbonyl (C=O) groups excluding carboxylic acids is 1. The molecule has 1 saturated heterocycles. The molecule has 0 bridgehead atoms. The largest absolute Gasteiger partial charge is 0.481 e. The summed E-state index contributed by atoms with van der Waals surface area (Å²) >= 11 is 0. The molecular weight excluding hydrogens is 208 g/mol. The first-order valence-corrected chi connectivity index (χ1v) is 5.94. The van der Waals surface area contributed by atoms with E-state index in [0.717, 1.165) is 32.1 Å². The Morgan fingerprint density at radius 2 is 2.06 bits per heavy atom. The fraction of sp³-hybridized carbons (Fsp3) is 0.818. The van der Waals surface area contributed by atoms with Gasteiger partial charge in [0.2, 0.25) is 0 Å². The lowest BCUT2D eigenvalue weighted by Gasteiger charge is -2.30. The Labute approximate surface area is 94.6 Å². The Bertz CT molecular complexity index is 293. The molecule has 1 aliphatic carbocycles. The highest BCUT2D eigenvalue weighted by molar-refractivity contribution is 5.77. The van der Waals surface area contributed by atoms with E-state index < -0.39 is 5.97 Å². The zero-order valence-corrected chi connectivity index (χ0v) is 9.24. The molecule has 3 atom stereocenters. The topological polar surface area (TPSA) is 78.4 Å². The van der Waals surface area contributed by atoms with Crippen LogP contribution >= 0.6 is 0 Å². The number of carbonyl (C=O) groups is 2. The van der Waals surface area contributed by atoms with E-state index in [9.17, 15) is 9.59 Å². The summed E-state index contributed by atoms with van der Waals surface area (Å²) in [6.45, 7) is 0. The minimum atomic E-state index is -0.718. The van der Waals surface area contributed by atoms with E-state index in [1.54, 1.807) is 0 Å². The lowest BCUT2D eigenvalue weighted by atomic mass is 9.81. The fourth-order valence-electron chi connectivity index (χ4n) is 2.77. The standard InChI is InChI=1S/C11H18N2O3/c14-10(15)3-1-2-7-4-5-8-9(6-7)13-11(16)12-8/h7-9H,1-6H2,(H,14,15)(H2,12,13,16)/t7-,8+,9+/m1/s1. The highest BCUT2D eigenvalue weighted by Crippen LogP contribution is 2.30. The second-order valence-electron chi connectivity index (χ2n) is 4.80. The predicted molar refractivity (Wildman–Crippen MR) is 58.1 cm³/mol. The first kappa shape index (κ1) is 11.2. The van der Waals surface area contributed by atoms with Gasteiger partial charge in [-0.1, -0.05) is 0 Å². The Kier molecular flexibility index (Phi) is 3.31. The van der Waals surface area contributed by atoms with Gasteiger partial charge in [0.15, 0.2) is 0 Å². The van der Waals surface area contributed by atoms with Gasteiger partial charge in [0, 0.05) is 6.42 Å². The van der Waals surface area contributed by atoms with Crippen LogP contribution in [0.4, 0.5) is 4.79 Å². The van der Waals surface area contributed by atoms with Crippen molar-refractivity contribution in [2.45, 2.75) is 50.6 Å². The first-order chi connectivity index (χ1) is 7.65. The molecule has 0 radical (unpaired) electrons. The number of nitrogens with one attached hydrogen (secondary N) is 2. The zero-order valence-electron chi connectivity index (χ0n) is 9.24. The molecule has 2 fully saturated rings. The van der Waals surface area contributed by atoms with Crippen molar-refractivity contribution in [2.24, 2.45) is 5.92 Å². The van der Waals surface area contributed by atoms with Gasteiger partial charge in [-0.2, -0.15) is 0 Å². The van der Waals surface area contributed by atoms with Crippen molar-refractivity contribution in [3.05, 3.63) is 0 Å². The van der Waals surface area contributed by atoms with Crippen molar-refractivity contribution in [3.63, 3.8) is 0 Å². The summed E-state index contributed by atoms with van der Waals surface area (Å²) in [6.07, 6.45) is 5.08. The molecule has 0 unspecified atom stereocenters. The number of aliphatic carboxylic acids is 1. The second-order valence-corrected chi connectivity index (χ2v) is 4.80. The lowest BCUT2D eigenvalue weighted by molar-refractivity contribution is -0.137. The molecule has 16 heavy (non-hydrogen) atoms. The number of hydrogen-bond acceptors (Lipinski definition) is 2. The van der Waals surface area contributed by atoms with Crippen molar-refractivity contribution in [2.75, 3.05) is 0 Å². The summed E-state index contributed by atoms with van der Waals surface area (Å²) in [6, 6.07) is 0.500. The Balaban J connectivity index is 1.73. The van der Waals surface area contributed by atoms with E-state index in [4.69, 9.17) is 5.11 Å². The molecule has 0 spiro atoms. The van der Waals surface area contributed by atoms with Crippen molar-refractivity contribution in [1.82, 2.24) is 10.6 Å². The molecule has 1 aliphatic heterocycles. The molecule has 2 amide bonds. The normalized spacial score (nSPS) is 32.8. The summed E-state index contributed by atoms with van der Waals surface area (Å²) in [7, 11) is 0. The molecule has 2 rings (SSSR count). The van der Waals surface area contributed by atoms with Crippen LogP contribution in [0.2, 0.25) is 0 Å². The van der Waals surface area contributed by atoms with Gasteiger partial charge in [-0.25, -0.2) is 4.79 Å². The summed E-state index contributed by atoms with van der Waals surface area (Å²) in [5.41, 5.74) is 0. The smallest absolute Gasteiger partial charge is 0.315 e. The number of urea groups is 1. The van der Waals surface area contributed by atoms with Gasteiger partial charge in [-0.15, -0.1) is 0 Å². The van der Waals surface area contributed by atoms with Crippen LogP contribution in [-0.4, -0.2) is 29.2 Å². The third kappa shape index (κ3) is 2.65. The summed E-state index contributed by atoms with van der Waals surface area (Å²) in [5, 5.41) is 14.4. The van der Waals surface area contributed by atoms with Gasteiger partial charge in [0.05, 0.1) is 12.1 Å². The SMILES string of the molecule is O=C(O)CCC[C@@H]1CC[C@@H]2NC(=O)N[C@H]2C1. The minimum absolute atomic E-state index is 0.0545. The maximum absolute atomic E-state index is 11.1. The number of rotatable bonds is 4. The van der Waals surface area contributed by atoms with E-state index in [-0.39, 0.29) is 18.5 Å². The highest BCUT2D eigenvalue weighted by Gasteiger charge is 2.36. The lowest BCUT2D eigenvalue weighted by Crippen LogP contribution is -2.39. The fourth-order valence-corrected chi connectivity index (χ4v) is 2.77. The predicted octanol–water partition coefficient (Wildman–Crippen LogP) is 1.09. The zero-order chi connectivity index (χ0) is 11.5. The van der Waals surface area contributed by atoms with Crippen molar-refractivity contribution in [3.8, 4) is 0 Å². The van der Waals surface area contributed by atoms with Gasteiger partial charge < -0.3 is 15.7 Å². The van der Waals surface area contributed by atoms with Gasteiger partial charge >= 0.3 is 12.0 Å². The van der Waals surface area contributed by atoms with Gasteiger partial charge in [-0.3, -0.25) is 4.79 Å². The second kappa shape index (κ2) is 4.72. The molecule has 90 valence electrons. The third-order valence-electron chi connectivity index (χ3n) is 3.59. The van der Waals surface area contributed by atoms with Crippen LogP contribution in [0.5, 0.6) is 0 Å². The minimum Gasteiger partial charge on any atom is -0.481 e. The molecule has 5 heteroatoms. The van der Waals surface area contributed by atoms with Crippen molar-refractivity contribution in [1.29, 1.82) is 0 Å². The first-order valence-electron chi connectivity index (χ1n) is 5.94. The van der Waals surface area contributed by atoms with E-state index in [1.807, 2.05) is 0 Å². The molecule has 0 aromatic rings. The molecule has 1 saturated carbocycles. The molecular formula is C11H18N2O3. The highest BCUT2D eigenvalue weighted by atomic mass is 16.4. The molecule has 2 aliphatic rings. The van der Waals surface area contributed by atoms with Crippen LogP contribution in [0.1, 0.15) is 38.5 Å². The average Bonchev–Trinajstić information content (AvgIpc) is 2.56. The number of fused-ring (bicyclic) bond motifs is 1. The van der Waals surface area contributed by atoms with Crippen LogP contribution in [-0.2, 0) is 4.79 Å². The van der Waals surface area contributed by atoms with E-state index in [0.29, 0.717) is 12.0 Å². The summed E-state index contributed by atoms with van der Waals surface area (Å²) in [4.78, 5) is 21.5.